The van der Waals surface area contributed by atoms with E-state index < -0.39 is 18.2 Å². The lowest BCUT2D eigenvalue weighted by molar-refractivity contribution is -0.141. The van der Waals surface area contributed by atoms with Crippen molar-refractivity contribution in [2.45, 2.75) is 45.3 Å². The van der Waals surface area contributed by atoms with E-state index in [-0.39, 0.29) is 12.0 Å². The van der Waals surface area contributed by atoms with Gasteiger partial charge in [-0.15, -0.1) is 0 Å². The number of hydrogen-bond acceptors (Lipinski definition) is 6. The number of carboxylic acid groups (broad SMARTS) is 1. The van der Waals surface area contributed by atoms with Gasteiger partial charge in [-0.3, -0.25) is 10.1 Å². The van der Waals surface area contributed by atoms with E-state index in [2.05, 4.69) is 10.5 Å². The van der Waals surface area contributed by atoms with Crippen molar-refractivity contribution in [1.29, 1.82) is 0 Å². The first-order valence-corrected chi connectivity index (χ1v) is 10.9. The minimum Gasteiger partial charge on any atom is -0.490 e. The molecule has 1 aliphatic rings. The number of amides is 1. The van der Waals surface area contributed by atoms with E-state index in [1.165, 1.54) is 0 Å². The molecule has 1 fully saturated rings. The van der Waals surface area contributed by atoms with Crippen molar-refractivity contribution in [3.8, 4) is 17.1 Å². The van der Waals surface area contributed by atoms with Gasteiger partial charge in [0.15, 0.2) is 5.76 Å². The molecule has 8 heteroatoms. The Bertz CT molecular complexity index is 1110. The SMILES string of the molecule is Cc1noc(-c2ccc(O[C@H]3CC[C@@H](C(=O)O)C3)cc2)c1NC(=O)O[C@H](C)c1ccccc1. The highest BCUT2D eigenvalue weighted by Gasteiger charge is 2.31. The van der Waals surface area contributed by atoms with Gasteiger partial charge in [0.25, 0.3) is 0 Å². The van der Waals surface area contributed by atoms with Crippen LogP contribution < -0.4 is 10.1 Å². The van der Waals surface area contributed by atoms with Crippen LogP contribution in [-0.2, 0) is 9.53 Å². The van der Waals surface area contributed by atoms with Crippen LogP contribution in [0.4, 0.5) is 10.5 Å². The van der Waals surface area contributed by atoms with E-state index in [4.69, 9.17) is 19.1 Å². The molecule has 1 amide bonds. The molecule has 1 heterocycles. The monoisotopic (exact) mass is 450 g/mol. The fraction of sp³-hybridized carbons (Fsp3) is 0.320. The van der Waals surface area contributed by atoms with Gasteiger partial charge in [-0.1, -0.05) is 35.5 Å². The summed E-state index contributed by atoms with van der Waals surface area (Å²) in [6.45, 7) is 3.54. The van der Waals surface area contributed by atoms with Crippen LogP contribution in [-0.4, -0.2) is 28.4 Å². The molecule has 0 saturated heterocycles. The summed E-state index contributed by atoms with van der Waals surface area (Å²) in [7, 11) is 0. The molecular weight excluding hydrogens is 424 g/mol. The summed E-state index contributed by atoms with van der Waals surface area (Å²) in [6, 6.07) is 16.7. The van der Waals surface area contributed by atoms with Crippen molar-refractivity contribution in [2.24, 2.45) is 5.92 Å². The van der Waals surface area contributed by atoms with E-state index >= 15 is 0 Å². The molecule has 3 aromatic rings. The third kappa shape index (κ3) is 5.34. The summed E-state index contributed by atoms with van der Waals surface area (Å²) < 4.78 is 16.9. The predicted octanol–water partition coefficient (Wildman–Crippen LogP) is 5.59. The number of nitrogens with one attached hydrogen (secondary N) is 1. The van der Waals surface area contributed by atoms with Crippen LogP contribution in [0.3, 0.4) is 0 Å². The number of anilines is 1. The van der Waals surface area contributed by atoms with Crippen molar-refractivity contribution in [3.05, 3.63) is 65.9 Å². The molecule has 0 radical (unpaired) electrons. The van der Waals surface area contributed by atoms with Gasteiger partial charge in [-0.2, -0.15) is 0 Å². The largest absolute Gasteiger partial charge is 0.490 e. The maximum atomic E-state index is 12.5. The first-order chi connectivity index (χ1) is 15.9. The number of carbonyl (C=O) groups excluding carboxylic acids is 1. The van der Waals surface area contributed by atoms with E-state index in [9.17, 15) is 9.59 Å². The molecule has 0 bridgehead atoms. The molecule has 4 rings (SSSR count). The number of carboxylic acids is 1. The van der Waals surface area contributed by atoms with Crippen LogP contribution in [0, 0.1) is 12.8 Å². The number of ether oxygens (including phenoxy) is 2. The first kappa shape index (κ1) is 22.4. The highest BCUT2D eigenvalue weighted by Crippen LogP contribution is 2.34. The second-order valence-electron chi connectivity index (χ2n) is 8.17. The molecule has 2 aromatic carbocycles. The Hall–Kier alpha value is -3.81. The topological polar surface area (TPSA) is 111 Å². The van der Waals surface area contributed by atoms with Gasteiger partial charge < -0.3 is 19.1 Å². The average Bonchev–Trinajstić information content (AvgIpc) is 3.42. The lowest BCUT2D eigenvalue weighted by Gasteiger charge is -2.15. The normalized spacial score (nSPS) is 18.5. The number of aryl methyl sites for hydroxylation is 1. The minimum absolute atomic E-state index is 0.108. The molecule has 1 aliphatic carbocycles. The van der Waals surface area contributed by atoms with Crippen LogP contribution in [0.25, 0.3) is 11.3 Å². The molecule has 8 nitrogen and oxygen atoms in total. The Morgan fingerprint density at radius 3 is 2.52 bits per heavy atom. The lowest BCUT2D eigenvalue weighted by atomic mass is 10.1. The highest BCUT2D eigenvalue weighted by atomic mass is 16.6. The van der Waals surface area contributed by atoms with Crippen LogP contribution >= 0.6 is 0 Å². The van der Waals surface area contributed by atoms with Gasteiger partial charge in [0.05, 0.1) is 12.0 Å². The smallest absolute Gasteiger partial charge is 0.412 e. The number of hydrogen-bond donors (Lipinski definition) is 2. The summed E-state index contributed by atoms with van der Waals surface area (Å²) in [5.41, 5.74) is 2.57. The highest BCUT2D eigenvalue weighted by molar-refractivity contribution is 5.90. The molecule has 172 valence electrons. The fourth-order valence-electron chi connectivity index (χ4n) is 3.95. The standard InChI is InChI=1S/C25H26N2O6/c1-15-22(26-25(30)31-16(2)17-6-4-3-5-7-17)23(33-27-15)18-8-11-20(12-9-18)32-21-13-10-19(14-21)24(28)29/h3-9,11-12,16,19,21H,10,13-14H2,1-2H3,(H,26,30)(H,28,29)/t16-,19-,21+/m1/s1. The van der Waals surface area contributed by atoms with Crippen molar-refractivity contribution < 1.29 is 28.7 Å². The molecular formula is C25H26N2O6. The van der Waals surface area contributed by atoms with E-state index in [0.717, 1.165) is 12.0 Å². The van der Waals surface area contributed by atoms with Crippen molar-refractivity contribution in [1.82, 2.24) is 5.16 Å². The Balaban J connectivity index is 1.41. The average molecular weight is 450 g/mol. The zero-order valence-corrected chi connectivity index (χ0v) is 18.5. The van der Waals surface area contributed by atoms with E-state index in [0.29, 0.717) is 41.3 Å². The van der Waals surface area contributed by atoms with Gasteiger partial charge >= 0.3 is 12.1 Å². The number of aromatic nitrogens is 1. The maximum absolute atomic E-state index is 12.5. The summed E-state index contributed by atoms with van der Waals surface area (Å²) in [5, 5.41) is 15.9. The van der Waals surface area contributed by atoms with E-state index in [1.807, 2.05) is 42.5 Å². The molecule has 0 spiro atoms. The van der Waals surface area contributed by atoms with Gasteiger partial charge in [-0.05, 0) is 62.9 Å². The van der Waals surface area contributed by atoms with Crippen LogP contribution in [0.15, 0.2) is 59.1 Å². The van der Waals surface area contributed by atoms with Crippen LogP contribution in [0.2, 0.25) is 0 Å². The molecule has 0 unspecified atom stereocenters. The number of nitrogens with zero attached hydrogens (tertiary/aromatic N) is 1. The van der Waals surface area contributed by atoms with Crippen molar-refractivity contribution >= 4 is 17.7 Å². The number of aliphatic carboxylic acids is 1. The molecule has 33 heavy (non-hydrogen) atoms. The lowest BCUT2D eigenvalue weighted by Crippen LogP contribution is -2.16. The number of carbonyl (C=O) groups is 2. The van der Waals surface area contributed by atoms with Gasteiger partial charge in [0.2, 0.25) is 0 Å². The quantitative estimate of drug-likeness (QED) is 0.482. The molecule has 3 atom stereocenters. The summed E-state index contributed by atoms with van der Waals surface area (Å²) in [6.07, 6.45) is 0.732. The van der Waals surface area contributed by atoms with Crippen molar-refractivity contribution in [3.63, 3.8) is 0 Å². The van der Waals surface area contributed by atoms with E-state index in [1.54, 1.807) is 26.0 Å². The van der Waals surface area contributed by atoms with Gasteiger partial charge in [0, 0.05) is 5.56 Å². The van der Waals surface area contributed by atoms with Crippen molar-refractivity contribution in [2.75, 3.05) is 5.32 Å². The molecule has 1 aromatic heterocycles. The van der Waals surface area contributed by atoms with Crippen LogP contribution in [0.5, 0.6) is 5.75 Å². The predicted molar refractivity (Wildman–Crippen MR) is 121 cm³/mol. The van der Waals surface area contributed by atoms with Gasteiger partial charge in [0.1, 0.15) is 23.2 Å². The second kappa shape index (κ2) is 9.77. The third-order valence-corrected chi connectivity index (χ3v) is 5.80. The molecule has 1 saturated carbocycles. The maximum Gasteiger partial charge on any atom is 0.412 e. The summed E-state index contributed by atoms with van der Waals surface area (Å²) >= 11 is 0. The summed E-state index contributed by atoms with van der Waals surface area (Å²) in [5.74, 6) is -0.0508. The second-order valence-corrected chi connectivity index (χ2v) is 8.17. The third-order valence-electron chi connectivity index (χ3n) is 5.80. The fourth-order valence-corrected chi connectivity index (χ4v) is 3.95. The molecule has 2 N–H and O–H groups in total. The Labute approximate surface area is 191 Å². The minimum atomic E-state index is -0.770. The number of rotatable bonds is 7. The first-order valence-electron chi connectivity index (χ1n) is 10.9. The zero-order valence-electron chi connectivity index (χ0n) is 18.5. The zero-order chi connectivity index (χ0) is 23.4. The summed E-state index contributed by atoms with van der Waals surface area (Å²) in [4.78, 5) is 23.6. The van der Waals surface area contributed by atoms with Gasteiger partial charge in [-0.25, -0.2) is 4.79 Å². The molecule has 0 aliphatic heterocycles. The number of benzene rings is 2. The Morgan fingerprint density at radius 2 is 1.85 bits per heavy atom. The Morgan fingerprint density at radius 1 is 1.12 bits per heavy atom. The Kier molecular flexibility index (Phi) is 6.63. The van der Waals surface area contributed by atoms with Crippen LogP contribution in [0.1, 0.15) is 43.5 Å².